The molecule has 0 radical (unpaired) electrons. The molecule has 2 amide bonds. The second kappa shape index (κ2) is 11.1. The molecule has 1 aliphatic rings. The summed E-state index contributed by atoms with van der Waals surface area (Å²) in [5, 5.41) is 15.0. The Morgan fingerprint density at radius 1 is 1.17 bits per heavy atom. The van der Waals surface area contributed by atoms with Crippen LogP contribution in [0.4, 0.5) is 4.79 Å². The minimum absolute atomic E-state index is 0.215. The van der Waals surface area contributed by atoms with Crippen molar-refractivity contribution in [3.8, 4) is 0 Å². The van der Waals surface area contributed by atoms with Crippen molar-refractivity contribution in [2.75, 3.05) is 0 Å². The van der Waals surface area contributed by atoms with Gasteiger partial charge in [0.1, 0.15) is 5.60 Å². The highest BCUT2D eigenvalue weighted by molar-refractivity contribution is 5.95. The highest BCUT2D eigenvalue weighted by Gasteiger charge is 2.28. The summed E-state index contributed by atoms with van der Waals surface area (Å²) in [6.45, 7) is 7.54. The van der Waals surface area contributed by atoms with Crippen molar-refractivity contribution in [3.63, 3.8) is 0 Å². The topological polar surface area (TPSA) is 99.7 Å². The number of hydrogen-bond acceptors (Lipinski definition) is 5. The van der Waals surface area contributed by atoms with E-state index in [0.29, 0.717) is 24.1 Å². The average Bonchev–Trinajstić information content (AvgIpc) is 2.68. The number of alkyl carbamates (subject to hydrolysis) is 1. The van der Waals surface area contributed by atoms with Gasteiger partial charge in [-0.2, -0.15) is 0 Å². The number of hydrogen-bond donors (Lipinski definition) is 4. The van der Waals surface area contributed by atoms with Crippen LogP contribution in [-0.4, -0.2) is 34.9 Å². The molecule has 7 heteroatoms. The number of nitrogens with one attached hydrogen (secondary N) is 3. The Morgan fingerprint density at radius 2 is 1.87 bits per heavy atom. The molecular weight excluding hydrogens is 382 g/mol. The van der Waals surface area contributed by atoms with Gasteiger partial charge in [0.2, 0.25) is 0 Å². The minimum Gasteiger partial charge on any atom is -0.444 e. The SMILES string of the molecule is CCCCCc1ccc(C(=O)NC2=CCC(NO)CC2NC(=O)OC(C)(C)C)cc1. The molecule has 0 aliphatic heterocycles. The highest BCUT2D eigenvalue weighted by atomic mass is 16.6. The summed E-state index contributed by atoms with van der Waals surface area (Å²) in [7, 11) is 0. The maximum absolute atomic E-state index is 12.7. The van der Waals surface area contributed by atoms with Gasteiger partial charge in [-0.3, -0.25) is 4.79 Å². The second-order valence-corrected chi connectivity index (χ2v) is 8.76. The lowest BCUT2D eigenvalue weighted by Gasteiger charge is -2.31. The van der Waals surface area contributed by atoms with E-state index in [4.69, 9.17) is 4.74 Å². The Kier molecular flexibility index (Phi) is 8.87. The number of carbonyl (C=O) groups excluding carboxylic acids is 2. The zero-order valence-electron chi connectivity index (χ0n) is 18.5. The monoisotopic (exact) mass is 417 g/mol. The van der Waals surface area contributed by atoms with Gasteiger partial charge in [-0.25, -0.2) is 10.3 Å². The van der Waals surface area contributed by atoms with Crippen molar-refractivity contribution in [2.45, 2.75) is 83.9 Å². The lowest BCUT2D eigenvalue weighted by atomic mass is 9.94. The third-order valence-corrected chi connectivity index (χ3v) is 4.93. The maximum atomic E-state index is 12.7. The van der Waals surface area contributed by atoms with Gasteiger partial charge >= 0.3 is 6.09 Å². The molecule has 0 saturated carbocycles. The number of rotatable bonds is 8. The van der Waals surface area contributed by atoms with Crippen LogP contribution < -0.4 is 16.1 Å². The molecule has 4 N–H and O–H groups in total. The van der Waals surface area contributed by atoms with E-state index in [-0.39, 0.29) is 11.9 Å². The molecule has 0 heterocycles. The van der Waals surface area contributed by atoms with E-state index in [9.17, 15) is 14.8 Å². The standard InChI is InChI=1S/C23H35N3O4/c1-5-6-7-8-16-9-11-17(12-10-16)21(27)24-19-14-13-18(26-29)15-20(19)25-22(28)30-23(2,3)4/h9-12,14,18,20,26,29H,5-8,13,15H2,1-4H3,(H,24,27)(H,25,28). The molecule has 7 nitrogen and oxygen atoms in total. The molecule has 0 aromatic heterocycles. The van der Waals surface area contributed by atoms with E-state index in [0.717, 1.165) is 12.8 Å². The fourth-order valence-electron chi connectivity index (χ4n) is 3.35. The summed E-state index contributed by atoms with van der Waals surface area (Å²) in [4.78, 5) is 24.9. The number of unbranched alkanes of at least 4 members (excludes halogenated alkanes) is 2. The molecule has 1 aromatic rings. The van der Waals surface area contributed by atoms with E-state index in [2.05, 4.69) is 23.0 Å². The van der Waals surface area contributed by atoms with Crippen LogP contribution >= 0.6 is 0 Å². The number of benzene rings is 1. The Labute approximate surface area is 179 Å². The molecule has 1 aromatic carbocycles. The largest absolute Gasteiger partial charge is 0.444 e. The molecular formula is C23H35N3O4. The van der Waals surface area contributed by atoms with Gasteiger partial charge in [0.15, 0.2) is 0 Å². The first-order valence-corrected chi connectivity index (χ1v) is 10.7. The Hall–Kier alpha value is -2.38. The summed E-state index contributed by atoms with van der Waals surface area (Å²) < 4.78 is 5.33. The van der Waals surface area contributed by atoms with Crippen LogP contribution in [0.15, 0.2) is 36.0 Å². The van der Waals surface area contributed by atoms with E-state index in [1.54, 1.807) is 20.8 Å². The second-order valence-electron chi connectivity index (χ2n) is 8.76. The predicted octanol–water partition coefficient (Wildman–Crippen LogP) is 4.07. The van der Waals surface area contributed by atoms with Crippen LogP contribution in [0.5, 0.6) is 0 Å². The third kappa shape index (κ3) is 7.80. The first kappa shape index (κ1) is 23.9. The van der Waals surface area contributed by atoms with Gasteiger partial charge in [0.25, 0.3) is 5.91 Å². The molecule has 166 valence electrons. The van der Waals surface area contributed by atoms with Crippen molar-refractivity contribution >= 4 is 12.0 Å². The molecule has 2 unspecified atom stereocenters. The molecule has 0 bridgehead atoms. The summed E-state index contributed by atoms with van der Waals surface area (Å²) in [5.41, 5.74) is 4.00. The number of carbonyl (C=O) groups is 2. The fraction of sp³-hybridized carbons (Fsp3) is 0.565. The van der Waals surface area contributed by atoms with Crippen LogP contribution in [0.2, 0.25) is 0 Å². The van der Waals surface area contributed by atoms with E-state index in [1.807, 2.05) is 30.3 Å². The van der Waals surface area contributed by atoms with Gasteiger partial charge in [-0.05, 0) is 64.2 Å². The normalized spacial score (nSPS) is 19.0. The molecule has 0 spiro atoms. The van der Waals surface area contributed by atoms with Gasteiger partial charge in [0.05, 0.1) is 6.04 Å². The fourth-order valence-corrected chi connectivity index (χ4v) is 3.35. The first-order valence-electron chi connectivity index (χ1n) is 10.7. The Balaban J connectivity index is 2.02. The lowest BCUT2D eigenvalue weighted by Crippen LogP contribution is -2.49. The van der Waals surface area contributed by atoms with Crippen molar-refractivity contribution in [1.82, 2.24) is 16.1 Å². The smallest absolute Gasteiger partial charge is 0.408 e. The van der Waals surface area contributed by atoms with E-state index < -0.39 is 17.7 Å². The molecule has 2 rings (SSSR count). The molecule has 1 aliphatic carbocycles. The van der Waals surface area contributed by atoms with Crippen LogP contribution in [-0.2, 0) is 11.2 Å². The average molecular weight is 418 g/mol. The van der Waals surface area contributed by atoms with Crippen molar-refractivity contribution in [3.05, 3.63) is 47.2 Å². The number of amides is 2. The van der Waals surface area contributed by atoms with E-state index >= 15 is 0 Å². The minimum atomic E-state index is -0.626. The van der Waals surface area contributed by atoms with Crippen molar-refractivity contribution < 1.29 is 19.5 Å². The molecule has 0 saturated heterocycles. The number of aryl methyl sites for hydroxylation is 1. The van der Waals surface area contributed by atoms with E-state index in [1.165, 1.54) is 18.4 Å². The predicted molar refractivity (Wildman–Crippen MR) is 116 cm³/mol. The molecule has 0 fully saturated rings. The van der Waals surface area contributed by atoms with Crippen LogP contribution in [0.1, 0.15) is 75.7 Å². The lowest BCUT2D eigenvalue weighted by molar-refractivity contribution is 0.0489. The van der Waals surface area contributed by atoms with Gasteiger partial charge in [-0.15, -0.1) is 0 Å². The maximum Gasteiger partial charge on any atom is 0.408 e. The van der Waals surface area contributed by atoms with Gasteiger partial charge in [0, 0.05) is 17.3 Å². The summed E-state index contributed by atoms with van der Waals surface area (Å²) >= 11 is 0. The quantitative estimate of drug-likeness (QED) is 0.377. The first-order chi connectivity index (χ1) is 14.2. The zero-order valence-corrected chi connectivity index (χ0v) is 18.5. The summed E-state index contributed by atoms with van der Waals surface area (Å²) in [6, 6.07) is 6.94. The van der Waals surface area contributed by atoms with Crippen molar-refractivity contribution in [1.29, 1.82) is 0 Å². The Morgan fingerprint density at radius 3 is 2.47 bits per heavy atom. The zero-order chi connectivity index (χ0) is 22.1. The summed E-state index contributed by atoms with van der Waals surface area (Å²) in [5.74, 6) is -0.229. The summed E-state index contributed by atoms with van der Waals surface area (Å²) in [6.07, 6.45) is 6.75. The van der Waals surface area contributed by atoms with Crippen molar-refractivity contribution in [2.24, 2.45) is 0 Å². The van der Waals surface area contributed by atoms with Gasteiger partial charge < -0.3 is 20.6 Å². The number of hydroxylamine groups is 1. The van der Waals surface area contributed by atoms with Crippen LogP contribution in [0.25, 0.3) is 0 Å². The molecule has 30 heavy (non-hydrogen) atoms. The Bertz CT molecular complexity index is 738. The van der Waals surface area contributed by atoms with Gasteiger partial charge in [-0.1, -0.05) is 38.0 Å². The number of ether oxygens (including phenoxy) is 1. The third-order valence-electron chi connectivity index (χ3n) is 4.93. The van der Waals surface area contributed by atoms with Crippen LogP contribution in [0.3, 0.4) is 0 Å². The molecule has 2 atom stereocenters. The highest BCUT2D eigenvalue weighted by Crippen LogP contribution is 2.19. The van der Waals surface area contributed by atoms with Crippen LogP contribution in [0, 0.1) is 0 Å².